The molecular weight excluding hydrogens is 288 g/mol. The summed E-state index contributed by atoms with van der Waals surface area (Å²) >= 11 is 0. The number of aromatic nitrogens is 2. The molecule has 0 aromatic carbocycles. The standard InChI is InChI=1S/C17H34N6/c1-5-22(6-2)13-7-10-16(3)21-17(18-4)19-11-8-14-23-15-9-12-20-23/h9,12,15-16H,5-8,10-11,13-14H2,1-4H3,(H2,18,19,21). The Hall–Kier alpha value is -1.56. The van der Waals surface area contributed by atoms with E-state index in [-0.39, 0.29) is 0 Å². The molecule has 0 aliphatic heterocycles. The molecule has 23 heavy (non-hydrogen) atoms. The monoisotopic (exact) mass is 322 g/mol. The molecule has 1 aromatic rings. The second-order valence-corrected chi connectivity index (χ2v) is 5.84. The molecule has 0 bridgehead atoms. The normalized spacial score (nSPS) is 13.3. The van der Waals surface area contributed by atoms with Gasteiger partial charge in [-0.25, -0.2) is 0 Å². The summed E-state index contributed by atoms with van der Waals surface area (Å²) in [6.07, 6.45) is 7.20. The molecular formula is C17H34N6. The minimum atomic E-state index is 0.433. The van der Waals surface area contributed by atoms with E-state index in [4.69, 9.17) is 0 Å². The Kier molecular flexibility index (Phi) is 10.1. The van der Waals surface area contributed by atoms with Gasteiger partial charge in [-0.15, -0.1) is 0 Å². The maximum absolute atomic E-state index is 4.30. The number of nitrogens with one attached hydrogen (secondary N) is 2. The molecule has 132 valence electrons. The van der Waals surface area contributed by atoms with Crippen LogP contribution in [0.25, 0.3) is 0 Å². The van der Waals surface area contributed by atoms with Gasteiger partial charge in [-0.1, -0.05) is 13.8 Å². The van der Waals surface area contributed by atoms with Crippen molar-refractivity contribution in [3.8, 4) is 0 Å². The quantitative estimate of drug-likeness (QED) is 0.371. The zero-order chi connectivity index (χ0) is 16.9. The minimum absolute atomic E-state index is 0.433. The van der Waals surface area contributed by atoms with Gasteiger partial charge in [0.2, 0.25) is 0 Å². The number of rotatable bonds is 11. The third kappa shape index (κ3) is 8.59. The SMILES string of the molecule is CCN(CC)CCCC(C)NC(=NC)NCCCn1cccn1. The Bertz CT molecular complexity index is 411. The molecule has 6 nitrogen and oxygen atoms in total. The maximum atomic E-state index is 4.30. The molecule has 1 rings (SSSR count). The van der Waals surface area contributed by atoms with E-state index in [1.807, 2.05) is 30.2 Å². The zero-order valence-corrected chi connectivity index (χ0v) is 15.3. The number of hydrogen-bond donors (Lipinski definition) is 2. The van der Waals surface area contributed by atoms with E-state index in [0.29, 0.717) is 6.04 Å². The van der Waals surface area contributed by atoms with Crippen molar-refractivity contribution in [3.05, 3.63) is 18.5 Å². The smallest absolute Gasteiger partial charge is 0.191 e. The maximum Gasteiger partial charge on any atom is 0.191 e. The van der Waals surface area contributed by atoms with Crippen LogP contribution in [0.3, 0.4) is 0 Å². The van der Waals surface area contributed by atoms with E-state index in [9.17, 15) is 0 Å². The first kappa shape index (κ1) is 19.5. The van der Waals surface area contributed by atoms with Gasteiger partial charge < -0.3 is 15.5 Å². The number of aliphatic imine (C=N–C) groups is 1. The van der Waals surface area contributed by atoms with Crippen LogP contribution in [0.2, 0.25) is 0 Å². The van der Waals surface area contributed by atoms with Gasteiger partial charge in [0.15, 0.2) is 5.96 Å². The predicted molar refractivity (Wildman–Crippen MR) is 97.8 cm³/mol. The van der Waals surface area contributed by atoms with E-state index >= 15 is 0 Å². The predicted octanol–water partition coefficient (Wildman–Crippen LogP) is 1.95. The number of aryl methyl sites for hydroxylation is 1. The van der Waals surface area contributed by atoms with Gasteiger partial charge in [-0.05, 0) is 51.9 Å². The average Bonchev–Trinajstić information content (AvgIpc) is 3.07. The molecule has 0 aliphatic carbocycles. The molecule has 0 amide bonds. The number of nitrogens with zero attached hydrogens (tertiary/aromatic N) is 4. The highest BCUT2D eigenvalue weighted by molar-refractivity contribution is 5.79. The van der Waals surface area contributed by atoms with Crippen molar-refractivity contribution in [1.82, 2.24) is 25.3 Å². The fourth-order valence-corrected chi connectivity index (χ4v) is 2.54. The van der Waals surface area contributed by atoms with Crippen molar-refractivity contribution in [1.29, 1.82) is 0 Å². The second kappa shape index (κ2) is 11.9. The summed E-state index contributed by atoms with van der Waals surface area (Å²) in [5.41, 5.74) is 0. The van der Waals surface area contributed by atoms with E-state index in [1.165, 1.54) is 13.0 Å². The van der Waals surface area contributed by atoms with Crippen LogP contribution in [0.4, 0.5) is 0 Å². The Morgan fingerprint density at radius 3 is 2.70 bits per heavy atom. The molecule has 2 N–H and O–H groups in total. The van der Waals surface area contributed by atoms with Gasteiger partial charge in [0.1, 0.15) is 0 Å². The first-order chi connectivity index (χ1) is 11.2. The topological polar surface area (TPSA) is 57.5 Å². The Morgan fingerprint density at radius 2 is 2.09 bits per heavy atom. The molecule has 0 radical (unpaired) electrons. The molecule has 0 aliphatic rings. The molecule has 1 atom stereocenters. The molecule has 0 saturated heterocycles. The van der Waals surface area contributed by atoms with Crippen molar-refractivity contribution < 1.29 is 0 Å². The van der Waals surface area contributed by atoms with E-state index in [0.717, 1.165) is 45.0 Å². The number of hydrogen-bond acceptors (Lipinski definition) is 3. The molecule has 0 saturated carbocycles. The van der Waals surface area contributed by atoms with Gasteiger partial charge in [0.05, 0.1) is 0 Å². The Balaban J connectivity index is 2.14. The molecule has 1 aromatic heterocycles. The van der Waals surface area contributed by atoms with Crippen LogP contribution in [0, 0.1) is 0 Å². The fourth-order valence-electron chi connectivity index (χ4n) is 2.54. The van der Waals surface area contributed by atoms with E-state index in [2.05, 4.69) is 46.4 Å². The molecule has 1 unspecified atom stereocenters. The summed E-state index contributed by atoms with van der Waals surface area (Å²) in [6, 6.07) is 2.39. The van der Waals surface area contributed by atoms with Gasteiger partial charge in [-0.2, -0.15) is 5.10 Å². The van der Waals surface area contributed by atoms with Crippen molar-refractivity contribution in [2.75, 3.05) is 33.2 Å². The third-order valence-electron chi connectivity index (χ3n) is 4.03. The first-order valence-electron chi connectivity index (χ1n) is 8.86. The van der Waals surface area contributed by atoms with Crippen LogP contribution in [0.1, 0.15) is 40.0 Å². The molecule has 0 fully saturated rings. The minimum Gasteiger partial charge on any atom is -0.356 e. The van der Waals surface area contributed by atoms with Crippen molar-refractivity contribution in [2.24, 2.45) is 4.99 Å². The Labute approximate surface area is 141 Å². The summed E-state index contributed by atoms with van der Waals surface area (Å²) in [5, 5.41) is 11.0. The summed E-state index contributed by atoms with van der Waals surface area (Å²) in [4.78, 5) is 6.77. The van der Waals surface area contributed by atoms with E-state index in [1.54, 1.807) is 0 Å². The van der Waals surface area contributed by atoms with Crippen LogP contribution in [0.5, 0.6) is 0 Å². The Morgan fingerprint density at radius 1 is 1.30 bits per heavy atom. The lowest BCUT2D eigenvalue weighted by Gasteiger charge is -2.21. The van der Waals surface area contributed by atoms with Crippen LogP contribution < -0.4 is 10.6 Å². The van der Waals surface area contributed by atoms with Crippen LogP contribution in [-0.4, -0.2) is 59.9 Å². The van der Waals surface area contributed by atoms with Crippen LogP contribution >= 0.6 is 0 Å². The van der Waals surface area contributed by atoms with Gasteiger partial charge in [0.25, 0.3) is 0 Å². The highest BCUT2D eigenvalue weighted by atomic mass is 15.3. The molecule has 0 spiro atoms. The summed E-state index contributed by atoms with van der Waals surface area (Å²) in [6.45, 7) is 11.9. The summed E-state index contributed by atoms with van der Waals surface area (Å²) in [7, 11) is 1.82. The zero-order valence-electron chi connectivity index (χ0n) is 15.3. The van der Waals surface area contributed by atoms with E-state index < -0.39 is 0 Å². The van der Waals surface area contributed by atoms with Crippen molar-refractivity contribution in [2.45, 2.75) is 52.6 Å². The highest BCUT2D eigenvalue weighted by Gasteiger charge is 2.06. The largest absolute Gasteiger partial charge is 0.356 e. The lowest BCUT2D eigenvalue weighted by molar-refractivity contribution is 0.292. The van der Waals surface area contributed by atoms with Crippen molar-refractivity contribution in [3.63, 3.8) is 0 Å². The second-order valence-electron chi connectivity index (χ2n) is 5.84. The average molecular weight is 323 g/mol. The van der Waals surface area contributed by atoms with Crippen LogP contribution in [0.15, 0.2) is 23.5 Å². The third-order valence-corrected chi connectivity index (χ3v) is 4.03. The van der Waals surface area contributed by atoms with Gasteiger partial charge >= 0.3 is 0 Å². The fraction of sp³-hybridized carbons (Fsp3) is 0.765. The molecule has 1 heterocycles. The lowest BCUT2D eigenvalue weighted by atomic mass is 10.2. The molecule has 6 heteroatoms. The summed E-state index contributed by atoms with van der Waals surface area (Å²) in [5.74, 6) is 0.890. The van der Waals surface area contributed by atoms with Crippen molar-refractivity contribution >= 4 is 5.96 Å². The highest BCUT2D eigenvalue weighted by Crippen LogP contribution is 1.99. The number of guanidine groups is 1. The first-order valence-corrected chi connectivity index (χ1v) is 8.86. The summed E-state index contributed by atoms with van der Waals surface area (Å²) < 4.78 is 1.95. The van der Waals surface area contributed by atoms with Gasteiger partial charge in [-0.3, -0.25) is 9.67 Å². The lowest BCUT2D eigenvalue weighted by Crippen LogP contribution is -2.43. The van der Waals surface area contributed by atoms with Crippen LogP contribution in [-0.2, 0) is 6.54 Å². The van der Waals surface area contributed by atoms with Gasteiger partial charge in [0, 0.05) is 38.6 Å².